The molecular formula is C17H11BrF3N3O4. The lowest BCUT2D eigenvalue weighted by atomic mass is 10.1. The van der Waals surface area contributed by atoms with Crippen molar-refractivity contribution in [2.24, 2.45) is 0 Å². The van der Waals surface area contributed by atoms with E-state index >= 15 is 0 Å². The predicted octanol–water partition coefficient (Wildman–Crippen LogP) is 3.61. The van der Waals surface area contributed by atoms with Crippen LogP contribution in [0.3, 0.4) is 0 Å². The molecule has 2 aromatic carbocycles. The van der Waals surface area contributed by atoms with Gasteiger partial charge in [-0.3, -0.25) is 20.3 Å². The Morgan fingerprint density at radius 3 is 2.43 bits per heavy atom. The molecule has 1 aliphatic rings. The number of nitrogens with zero attached hydrogens (tertiary/aromatic N) is 2. The molecule has 146 valence electrons. The van der Waals surface area contributed by atoms with E-state index in [-0.39, 0.29) is 10.7 Å². The first-order chi connectivity index (χ1) is 13.0. The van der Waals surface area contributed by atoms with E-state index in [1.165, 1.54) is 12.1 Å². The van der Waals surface area contributed by atoms with Gasteiger partial charge in [0.15, 0.2) is 0 Å². The quantitative estimate of drug-likeness (QED) is 0.542. The fourth-order valence-corrected chi connectivity index (χ4v) is 2.84. The summed E-state index contributed by atoms with van der Waals surface area (Å²) in [6.07, 6.45) is -4.75. The van der Waals surface area contributed by atoms with Crippen molar-refractivity contribution in [3.63, 3.8) is 0 Å². The largest absolute Gasteiger partial charge is 0.442 e. The van der Waals surface area contributed by atoms with Gasteiger partial charge in [-0.05, 0) is 23.8 Å². The van der Waals surface area contributed by atoms with Gasteiger partial charge in [0, 0.05) is 28.2 Å². The number of hydrogen-bond acceptors (Lipinski definition) is 5. The van der Waals surface area contributed by atoms with Gasteiger partial charge < -0.3 is 5.11 Å². The molecule has 2 aromatic rings. The normalized spacial score (nSPS) is 19.2. The van der Waals surface area contributed by atoms with Crippen LogP contribution in [0.4, 0.5) is 18.9 Å². The van der Waals surface area contributed by atoms with Crippen molar-refractivity contribution in [2.75, 3.05) is 0 Å². The van der Waals surface area contributed by atoms with Crippen LogP contribution < -0.4 is 5.43 Å². The molecule has 1 aliphatic heterocycles. The lowest BCUT2D eigenvalue weighted by Gasteiger charge is -2.33. The number of halogens is 4. The highest BCUT2D eigenvalue weighted by Gasteiger charge is 2.61. The molecule has 0 fully saturated rings. The summed E-state index contributed by atoms with van der Waals surface area (Å²) in [5.41, 5.74) is -2.10. The Labute approximate surface area is 164 Å². The highest BCUT2D eigenvalue weighted by atomic mass is 79.9. The number of aliphatic hydroxyl groups is 1. The van der Waals surface area contributed by atoms with Crippen LogP contribution in [0, 0.1) is 10.1 Å². The number of rotatable bonds is 3. The van der Waals surface area contributed by atoms with Gasteiger partial charge in [0.25, 0.3) is 17.3 Å². The van der Waals surface area contributed by atoms with E-state index in [0.29, 0.717) is 16.1 Å². The zero-order chi connectivity index (χ0) is 20.7. The van der Waals surface area contributed by atoms with Crippen LogP contribution in [-0.2, 0) is 0 Å². The number of nitro groups is 1. The smallest absolute Gasteiger partial charge is 0.359 e. The van der Waals surface area contributed by atoms with Gasteiger partial charge in [0.1, 0.15) is 0 Å². The third-order valence-corrected chi connectivity index (χ3v) is 4.53. The van der Waals surface area contributed by atoms with Crippen LogP contribution >= 0.6 is 15.9 Å². The summed E-state index contributed by atoms with van der Waals surface area (Å²) in [5, 5.41) is 21.2. The molecule has 28 heavy (non-hydrogen) atoms. The summed E-state index contributed by atoms with van der Waals surface area (Å²) in [7, 11) is 0. The van der Waals surface area contributed by atoms with E-state index in [0.717, 1.165) is 24.3 Å². The van der Waals surface area contributed by atoms with E-state index < -0.39 is 34.0 Å². The van der Waals surface area contributed by atoms with Crippen LogP contribution in [-0.4, -0.2) is 32.8 Å². The number of non-ortho nitro benzene ring substituents is 1. The van der Waals surface area contributed by atoms with Crippen molar-refractivity contribution < 1.29 is 28.0 Å². The first-order valence-electron chi connectivity index (χ1n) is 7.66. The lowest BCUT2D eigenvalue weighted by molar-refractivity contribution is -0.384. The van der Waals surface area contributed by atoms with Crippen molar-refractivity contribution in [3.05, 3.63) is 80.3 Å². The third kappa shape index (κ3) is 3.45. The van der Waals surface area contributed by atoms with Crippen molar-refractivity contribution in [1.29, 1.82) is 0 Å². The minimum Gasteiger partial charge on any atom is -0.359 e. The molecule has 1 heterocycles. The Hall–Kier alpha value is -2.92. The molecule has 0 aromatic heterocycles. The van der Waals surface area contributed by atoms with E-state index in [4.69, 9.17) is 0 Å². The minimum atomic E-state index is -5.23. The summed E-state index contributed by atoms with van der Waals surface area (Å²) in [6, 6.07) is 10.3. The topological polar surface area (TPSA) is 95.7 Å². The highest BCUT2D eigenvalue weighted by Crippen LogP contribution is 2.40. The SMILES string of the molecule is O=C(c1cccc([N+](=O)[O-])c1)N1NC(c2ccc(Br)cc2)=C[C@]1(O)C(F)(F)F. The van der Waals surface area contributed by atoms with E-state index in [1.54, 1.807) is 12.1 Å². The Balaban J connectivity index is 2.02. The molecule has 3 rings (SSSR count). The van der Waals surface area contributed by atoms with Gasteiger partial charge in [-0.1, -0.05) is 34.1 Å². The molecule has 0 radical (unpaired) electrons. The second-order valence-corrected chi connectivity index (χ2v) is 6.76. The molecule has 7 nitrogen and oxygen atoms in total. The fraction of sp³-hybridized carbons (Fsp3) is 0.118. The van der Waals surface area contributed by atoms with Gasteiger partial charge in [-0.25, -0.2) is 5.01 Å². The third-order valence-electron chi connectivity index (χ3n) is 4.00. The van der Waals surface area contributed by atoms with Crippen molar-refractivity contribution >= 4 is 33.2 Å². The molecule has 0 saturated heterocycles. The zero-order valence-electron chi connectivity index (χ0n) is 13.8. The molecular weight excluding hydrogens is 447 g/mol. The first-order valence-corrected chi connectivity index (χ1v) is 8.46. The van der Waals surface area contributed by atoms with E-state index in [9.17, 15) is 33.2 Å². The maximum absolute atomic E-state index is 13.6. The predicted molar refractivity (Wildman–Crippen MR) is 95.5 cm³/mol. The number of carbonyl (C=O) groups excluding carboxylic acids is 1. The maximum Gasteiger partial charge on any atom is 0.442 e. The van der Waals surface area contributed by atoms with Crippen molar-refractivity contribution in [2.45, 2.75) is 11.9 Å². The van der Waals surface area contributed by atoms with Gasteiger partial charge in [0.2, 0.25) is 0 Å². The van der Waals surface area contributed by atoms with Crippen LogP contribution in [0.1, 0.15) is 15.9 Å². The number of hydrogen-bond donors (Lipinski definition) is 2. The van der Waals surface area contributed by atoms with Gasteiger partial charge in [-0.2, -0.15) is 13.2 Å². The summed E-state index contributed by atoms with van der Waals surface area (Å²) >= 11 is 3.20. The van der Waals surface area contributed by atoms with Gasteiger partial charge in [0.05, 0.1) is 10.6 Å². The van der Waals surface area contributed by atoms with Crippen molar-refractivity contribution in [3.8, 4) is 0 Å². The molecule has 11 heteroatoms. The molecule has 2 N–H and O–H groups in total. The second kappa shape index (κ2) is 6.91. The van der Waals surface area contributed by atoms with Crippen LogP contribution in [0.5, 0.6) is 0 Å². The molecule has 1 amide bonds. The van der Waals surface area contributed by atoms with Gasteiger partial charge in [-0.15, -0.1) is 0 Å². The summed E-state index contributed by atoms with van der Waals surface area (Å²) in [5.74, 6) is -1.29. The van der Waals surface area contributed by atoms with Crippen molar-refractivity contribution in [1.82, 2.24) is 10.4 Å². The van der Waals surface area contributed by atoms with Crippen LogP contribution in [0.15, 0.2) is 59.1 Å². The second-order valence-electron chi connectivity index (χ2n) is 5.85. The average molecular weight is 458 g/mol. The molecule has 0 spiro atoms. The van der Waals surface area contributed by atoms with Crippen LogP contribution in [0.2, 0.25) is 0 Å². The molecule has 0 unspecified atom stereocenters. The fourth-order valence-electron chi connectivity index (χ4n) is 2.58. The molecule has 1 atom stereocenters. The summed E-state index contributed by atoms with van der Waals surface area (Å²) < 4.78 is 41.4. The highest BCUT2D eigenvalue weighted by molar-refractivity contribution is 9.10. The van der Waals surface area contributed by atoms with Crippen LogP contribution in [0.25, 0.3) is 5.70 Å². The lowest BCUT2D eigenvalue weighted by Crippen LogP contribution is -2.60. The Kier molecular flexibility index (Phi) is 4.90. The Morgan fingerprint density at radius 1 is 1.21 bits per heavy atom. The monoisotopic (exact) mass is 457 g/mol. The van der Waals surface area contributed by atoms with E-state index in [1.807, 2.05) is 0 Å². The minimum absolute atomic E-state index is 0.00341. The number of nitro benzene ring substituents is 1. The van der Waals surface area contributed by atoms with E-state index in [2.05, 4.69) is 21.4 Å². The van der Waals surface area contributed by atoms with Gasteiger partial charge >= 0.3 is 6.18 Å². The number of amides is 1. The molecule has 0 saturated carbocycles. The number of nitrogens with one attached hydrogen (secondary N) is 1. The molecule has 0 aliphatic carbocycles. The maximum atomic E-state index is 13.6. The average Bonchev–Trinajstić information content (AvgIpc) is 3.00. The Morgan fingerprint density at radius 2 is 1.86 bits per heavy atom. The Bertz CT molecular complexity index is 978. The zero-order valence-corrected chi connectivity index (χ0v) is 15.4. The summed E-state index contributed by atoms with van der Waals surface area (Å²) in [4.78, 5) is 22.7. The standard InChI is InChI=1S/C17H11BrF3N3O4/c18-12-6-4-10(5-7-12)14-9-16(26,17(19,20)21)23(22-14)15(25)11-2-1-3-13(8-11)24(27)28/h1-9,22,26H/t16-/m0/s1. The number of benzene rings is 2. The summed E-state index contributed by atoms with van der Waals surface area (Å²) in [6.45, 7) is 0. The first kappa shape index (κ1) is 19.8. The molecule has 0 bridgehead atoms. The number of hydrazine groups is 1. The number of alkyl halides is 3. The number of carbonyl (C=O) groups is 1.